The van der Waals surface area contributed by atoms with Crippen molar-refractivity contribution in [3.63, 3.8) is 0 Å². The highest BCUT2D eigenvalue weighted by molar-refractivity contribution is 5.77. The smallest absolute Gasteiger partial charge is 0.221 e. The minimum atomic E-state index is 0.168. The van der Waals surface area contributed by atoms with Crippen LogP contribution in [0.2, 0.25) is 0 Å². The Hall–Kier alpha value is -1.55. The summed E-state index contributed by atoms with van der Waals surface area (Å²) in [6, 6.07) is 10.6. The first-order valence-corrected chi connectivity index (χ1v) is 6.63. The number of hydrogen-bond donors (Lipinski definition) is 3. The first-order chi connectivity index (χ1) is 8.84. The van der Waals surface area contributed by atoms with E-state index in [1.54, 1.807) is 0 Å². The van der Waals surface area contributed by atoms with E-state index in [-0.39, 0.29) is 5.91 Å². The predicted molar refractivity (Wildman–Crippen MR) is 73.6 cm³/mol. The molecule has 4 heteroatoms. The summed E-state index contributed by atoms with van der Waals surface area (Å²) in [5.74, 6) is 0.168. The molecule has 1 atom stereocenters. The van der Waals surface area contributed by atoms with Gasteiger partial charge in [0.2, 0.25) is 5.91 Å². The number of piperidine rings is 1. The molecule has 1 aliphatic heterocycles. The SMILES string of the molecule is O=C1CC(NCCCNc2ccccc2)CCN1. The van der Waals surface area contributed by atoms with Crippen LogP contribution in [0.3, 0.4) is 0 Å². The van der Waals surface area contributed by atoms with E-state index in [1.807, 2.05) is 18.2 Å². The molecule has 0 bridgehead atoms. The topological polar surface area (TPSA) is 53.2 Å². The molecule has 3 N–H and O–H groups in total. The van der Waals surface area contributed by atoms with Crippen molar-refractivity contribution in [2.75, 3.05) is 25.0 Å². The van der Waals surface area contributed by atoms with Gasteiger partial charge in [-0.3, -0.25) is 4.79 Å². The van der Waals surface area contributed by atoms with E-state index in [0.717, 1.165) is 38.2 Å². The summed E-state index contributed by atoms with van der Waals surface area (Å²) in [4.78, 5) is 11.2. The van der Waals surface area contributed by atoms with Gasteiger partial charge in [0.05, 0.1) is 0 Å². The van der Waals surface area contributed by atoms with E-state index >= 15 is 0 Å². The Morgan fingerprint density at radius 1 is 1.22 bits per heavy atom. The Kier molecular flexibility index (Phi) is 5.02. The molecule has 1 heterocycles. The molecular weight excluding hydrogens is 226 g/mol. The van der Waals surface area contributed by atoms with Gasteiger partial charge in [0.25, 0.3) is 0 Å². The second-order valence-electron chi connectivity index (χ2n) is 4.64. The van der Waals surface area contributed by atoms with Crippen LogP contribution in [0.5, 0.6) is 0 Å². The van der Waals surface area contributed by atoms with Gasteiger partial charge in [-0.25, -0.2) is 0 Å². The van der Waals surface area contributed by atoms with E-state index in [1.165, 1.54) is 0 Å². The molecule has 1 aromatic carbocycles. The minimum Gasteiger partial charge on any atom is -0.385 e. The Labute approximate surface area is 108 Å². The number of nitrogens with one attached hydrogen (secondary N) is 3. The van der Waals surface area contributed by atoms with Crippen molar-refractivity contribution in [3.05, 3.63) is 30.3 Å². The molecule has 2 rings (SSSR count). The predicted octanol–water partition coefficient (Wildman–Crippen LogP) is 1.36. The average molecular weight is 247 g/mol. The van der Waals surface area contributed by atoms with Crippen molar-refractivity contribution < 1.29 is 4.79 Å². The lowest BCUT2D eigenvalue weighted by molar-refractivity contribution is -0.122. The zero-order valence-corrected chi connectivity index (χ0v) is 10.6. The van der Waals surface area contributed by atoms with Crippen LogP contribution in [0.25, 0.3) is 0 Å². The quantitative estimate of drug-likeness (QED) is 0.665. The Morgan fingerprint density at radius 2 is 2.06 bits per heavy atom. The number of hydrogen-bond acceptors (Lipinski definition) is 3. The lowest BCUT2D eigenvalue weighted by Gasteiger charge is -2.23. The molecule has 1 aromatic rings. The average Bonchev–Trinajstić information content (AvgIpc) is 2.40. The first kappa shape index (κ1) is 12.9. The van der Waals surface area contributed by atoms with Crippen LogP contribution in [-0.2, 0) is 4.79 Å². The molecule has 1 unspecified atom stereocenters. The van der Waals surface area contributed by atoms with E-state index in [9.17, 15) is 4.79 Å². The highest BCUT2D eigenvalue weighted by Crippen LogP contribution is 2.05. The molecular formula is C14H21N3O. The molecule has 1 fully saturated rings. The maximum absolute atomic E-state index is 11.2. The molecule has 0 spiro atoms. The maximum Gasteiger partial charge on any atom is 0.221 e. The number of carbonyl (C=O) groups is 1. The number of amides is 1. The summed E-state index contributed by atoms with van der Waals surface area (Å²) >= 11 is 0. The summed E-state index contributed by atoms with van der Waals surface area (Å²) in [5.41, 5.74) is 1.16. The fourth-order valence-electron chi connectivity index (χ4n) is 2.14. The lowest BCUT2D eigenvalue weighted by Crippen LogP contribution is -2.43. The largest absolute Gasteiger partial charge is 0.385 e. The summed E-state index contributed by atoms with van der Waals surface area (Å²) in [7, 11) is 0. The van der Waals surface area contributed by atoms with Crippen molar-refractivity contribution in [1.82, 2.24) is 10.6 Å². The number of carbonyl (C=O) groups excluding carboxylic acids is 1. The fourth-order valence-corrected chi connectivity index (χ4v) is 2.14. The molecule has 0 saturated carbocycles. The first-order valence-electron chi connectivity index (χ1n) is 6.63. The number of para-hydroxylation sites is 1. The molecule has 1 aliphatic rings. The second-order valence-corrected chi connectivity index (χ2v) is 4.64. The van der Waals surface area contributed by atoms with Gasteiger partial charge < -0.3 is 16.0 Å². The molecule has 4 nitrogen and oxygen atoms in total. The van der Waals surface area contributed by atoms with Gasteiger partial charge in [0, 0.05) is 31.2 Å². The van der Waals surface area contributed by atoms with Crippen molar-refractivity contribution >= 4 is 11.6 Å². The minimum absolute atomic E-state index is 0.168. The summed E-state index contributed by atoms with van der Waals surface area (Å²) < 4.78 is 0. The van der Waals surface area contributed by atoms with Crippen LogP contribution in [-0.4, -0.2) is 31.6 Å². The van der Waals surface area contributed by atoms with Crippen LogP contribution in [0.15, 0.2) is 30.3 Å². The maximum atomic E-state index is 11.2. The zero-order valence-electron chi connectivity index (χ0n) is 10.6. The summed E-state index contributed by atoms with van der Waals surface area (Å²) in [6.45, 7) is 2.71. The van der Waals surface area contributed by atoms with Gasteiger partial charge in [0.15, 0.2) is 0 Å². The summed E-state index contributed by atoms with van der Waals surface area (Å²) in [5, 5.41) is 9.65. The normalized spacial score (nSPS) is 19.3. The van der Waals surface area contributed by atoms with E-state index in [2.05, 4.69) is 28.1 Å². The van der Waals surface area contributed by atoms with Crippen LogP contribution >= 0.6 is 0 Å². The van der Waals surface area contributed by atoms with Crippen LogP contribution in [0, 0.1) is 0 Å². The summed E-state index contributed by atoms with van der Waals surface area (Å²) in [6.07, 6.45) is 2.72. The van der Waals surface area contributed by atoms with E-state index in [0.29, 0.717) is 12.5 Å². The Morgan fingerprint density at radius 3 is 2.83 bits per heavy atom. The number of anilines is 1. The highest BCUT2D eigenvalue weighted by Gasteiger charge is 2.17. The van der Waals surface area contributed by atoms with Crippen LogP contribution in [0.1, 0.15) is 19.3 Å². The van der Waals surface area contributed by atoms with Gasteiger partial charge in [-0.15, -0.1) is 0 Å². The van der Waals surface area contributed by atoms with Crippen LogP contribution in [0.4, 0.5) is 5.69 Å². The fraction of sp³-hybridized carbons (Fsp3) is 0.500. The Bertz CT molecular complexity index is 367. The third kappa shape index (κ3) is 4.37. The van der Waals surface area contributed by atoms with Gasteiger partial charge in [-0.1, -0.05) is 18.2 Å². The van der Waals surface area contributed by atoms with Gasteiger partial charge in [0.1, 0.15) is 0 Å². The highest BCUT2D eigenvalue weighted by atomic mass is 16.1. The van der Waals surface area contributed by atoms with Crippen molar-refractivity contribution in [2.24, 2.45) is 0 Å². The van der Waals surface area contributed by atoms with E-state index in [4.69, 9.17) is 0 Å². The van der Waals surface area contributed by atoms with Crippen LogP contribution < -0.4 is 16.0 Å². The van der Waals surface area contributed by atoms with Crippen molar-refractivity contribution in [3.8, 4) is 0 Å². The molecule has 98 valence electrons. The molecule has 18 heavy (non-hydrogen) atoms. The van der Waals surface area contributed by atoms with E-state index < -0.39 is 0 Å². The molecule has 0 radical (unpaired) electrons. The Balaban J connectivity index is 1.55. The monoisotopic (exact) mass is 247 g/mol. The molecule has 1 saturated heterocycles. The number of rotatable bonds is 6. The molecule has 1 amide bonds. The third-order valence-electron chi connectivity index (χ3n) is 3.14. The lowest BCUT2D eigenvalue weighted by atomic mass is 10.1. The van der Waals surface area contributed by atoms with Crippen molar-refractivity contribution in [1.29, 1.82) is 0 Å². The van der Waals surface area contributed by atoms with Gasteiger partial charge >= 0.3 is 0 Å². The molecule has 0 aromatic heterocycles. The number of benzene rings is 1. The van der Waals surface area contributed by atoms with Crippen molar-refractivity contribution in [2.45, 2.75) is 25.3 Å². The molecule has 0 aliphatic carbocycles. The third-order valence-corrected chi connectivity index (χ3v) is 3.14. The van der Waals surface area contributed by atoms with Gasteiger partial charge in [-0.05, 0) is 31.5 Å². The zero-order chi connectivity index (χ0) is 12.6. The standard InChI is InChI=1S/C14H21N3O/c18-14-11-13(7-10-17-14)16-9-4-8-15-12-5-2-1-3-6-12/h1-3,5-6,13,15-16H,4,7-11H2,(H,17,18). The second kappa shape index (κ2) is 7.01. The van der Waals surface area contributed by atoms with Gasteiger partial charge in [-0.2, -0.15) is 0 Å².